The number of fused-ring (bicyclic) bond motifs is 6. The Hall–Kier alpha value is -4.73. The van der Waals surface area contributed by atoms with Crippen LogP contribution in [0.2, 0.25) is 0 Å². The number of benzene rings is 5. The summed E-state index contributed by atoms with van der Waals surface area (Å²) in [5, 5.41) is 0. The fraction of sp³-hybridized carbons (Fsp3) is 0.146. The van der Waals surface area contributed by atoms with Crippen LogP contribution in [0.25, 0.3) is 32.7 Å². The van der Waals surface area contributed by atoms with E-state index in [2.05, 4.69) is 142 Å². The SMILES string of the molecule is CC1(C)c2ccccc2-c2ccc(N(c3ccc(-c4ccc(C=O)s4)cc3)c3ccc4c(c3)C(C)(C)c3ccccc3-4)cc21. The minimum absolute atomic E-state index is 0.0888. The molecule has 6 aromatic rings. The first-order valence-electron chi connectivity index (χ1n) is 15.2. The number of anilines is 3. The van der Waals surface area contributed by atoms with Gasteiger partial charge in [-0.15, -0.1) is 11.3 Å². The van der Waals surface area contributed by atoms with Crippen LogP contribution in [-0.2, 0) is 10.8 Å². The van der Waals surface area contributed by atoms with Gasteiger partial charge in [0.1, 0.15) is 0 Å². The second-order valence-corrected chi connectivity index (χ2v) is 14.1. The van der Waals surface area contributed by atoms with Crippen LogP contribution in [0.4, 0.5) is 17.1 Å². The fourth-order valence-corrected chi connectivity index (χ4v) is 8.28. The van der Waals surface area contributed by atoms with Gasteiger partial charge in [-0.2, -0.15) is 0 Å². The van der Waals surface area contributed by atoms with Gasteiger partial charge in [0.05, 0.1) is 4.88 Å². The average molecular weight is 588 g/mol. The van der Waals surface area contributed by atoms with Crippen molar-refractivity contribution < 1.29 is 4.79 Å². The zero-order chi connectivity index (χ0) is 30.2. The number of thiophene rings is 1. The summed E-state index contributed by atoms with van der Waals surface area (Å²) in [7, 11) is 0. The zero-order valence-corrected chi connectivity index (χ0v) is 26.2. The van der Waals surface area contributed by atoms with Gasteiger partial charge in [-0.1, -0.05) is 100 Å². The smallest absolute Gasteiger partial charge is 0.160 e. The normalized spacial score (nSPS) is 14.8. The second kappa shape index (κ2) is 9.64. The predicted molar refractivity (Wildman–Crippen MR) is 185 cm³/mol. The van der Waals surface area contributed by atoms with Crippen LogP contribution in [0, 0.1) is 0 Å². The minimum Gasteiger partial charge on any atom is -0.310 e. The number of carbonyl (C=O) groups is 1. The van der Waals surface area contributed by atoms with Crippen molar-refractivity contribution in [1.82, 2.24) is 0 Å². The number of rotatable bonds is 5. The molecule has 0 unspecified atom stereocenters. The molecule has 0 aliphatic heterocycles. The Morgan fingerprint density at radius 1 is 0.523 bits per heavy atom. The van der Waals surface area contributed by atoms with Crippen molar-refractivity contribution in [3.05, 3.63) is 148 Å². The summed E-state index contributed by atoms with van der Waals surface area (Å²) in [6.45, 7) is 9.35. The summed E-state index contributed by atoms with van der Waals surface area (Å²) in [5.41, 5.74) is 15.1. The minimum atomic E-state index is -0.0888. The lowest BCUT2D eigenvalue weighted by Gasteiger charge is -2.30. The lowest BCUT2D eigenvalue weighted by atomic mass is 9.82. The van der Waals surface area contributed by atoms with Crippen molar-refractivity contribution in [2.45, 2.75) is 38.5 Å². The van der Waals surface area contributed by atoms with Gasteiger partial charge in [-0.05, 0) is 98.6 Å². The lowest BCUT2D eigenvalue weighted by Crippen LogP contribution is -2.18. The predicted octanol–water partition coefficient (Wildman–Crippen LogP) is 11.3. The molecule has 0 atom stereocenters. The Labute approximate surface area is 263 Å². The highest BCUT2D eigenvalue weighted by atomic mass is 32.1. The molecular weight excluding hydrogens is 555 g/mol. The first-order valence-corrected chi connectivity index (χ1v) is 16.0. The van der Waals surface area contributed by atoms with Gasteiger partial charge in [-0.3, -0.25) is 4.79 Å². The molecule has 44 heavy (non-hydrogen) atoms. The Kier molecular flexibility index (Phi) is 5.88. The highest BCUT2D eigenvalue weighted by Crippen LogP contribution is 2.53. The molecule has 214 valence electrons. The number of hydrogen-bond acceptors (Lipinski definition) is 3. The van der Waals surface area contributed by atoms with Gasteiger partial charge in [0.25, 0.3) is 0 Å². The maximum absolute atomic E-state index is 11.3. The van der Waals surface area contributed by atoms with Crippen molar-refractivity contribution in [2.24, 2.45) is 0 Å². The van der Waals surface area contributed by atoms with Crippen molar-refractivity contribution >= 4 is 34.7 Å². The van der Waals surface area contributed by atoms with Crippen molar-refractivity contribution in [3.8, 4) is 32.7 Å². The number of nitrogens with zero attached hydrogens (tertiary/aromatic N) is 1. The number of carbonyl (C=O) groups excluding carboxylic acids is 1. The van der Waals surface area contributed by atoms with E-state index in [4.69, 9.17) is 0 Å². The van der Waals surface area contributed by atoms with Gasteiger partial charge in [-0.25, -0.2) is 0 Å². The van der Waals surface area contributed by atoms with Gasteiger partial charge in [0.2, 0.25) is 0 Å². The van der Waals surface area contributed by atoms with Gasteiger partial charge in [0, 0.05) is 32.8 Å². The molecule has 0 spiro atoms. The van der Waals surface area contributed by atoms with E-state index in [-0.39, 0.29) is 10.8 Å². The third kappa shape index (κ3) is 3.89. The third-order valence-electron chi connectivity index (χ3n) is 9.80. The Bertz CT molecular complexity index is 1990. The maximum atomic E-state index is 11.3. The van der Waals surface area contributed by atoms with Crippen LogP contribution < -0.4 is 4.90 Å². The molecule has 0 saturated carbocycles. The lowest BCUT2D eigenvalue weighted by molar-refractivity contribution is 0.112. The molecule has 8 rings (SSSR count). The second-order valence-electron chi connectivity index (χ2n) is 13.0. The van der Waals surface area contributed by atoms with E-state index in [0.717, 1.165) is 38.7 Å². The molecule has 0 fully saturated rings. The van der Waals surface area contributed by atoms with Crippen LogP contribution in [0.15, 0.2) is 121 Å². The zero-order valence-electron chi connectivity index (χ0n) is 25.4. The Morgan fingerprint density at radius 2 is 1.00 bits per heavy atom. The molecule has 2 nitrogen and oxygen atoms in total. The van der Waals surface area contributed by atoms with E-state index in [1.807, 2.05) is 12.1 Å². The largest absolute Gasteiger partial charge is 0.310 e. The summed E-state index contributed by atoms with van der Waals surface area (Å²) >= 11 is 1.53. The highest BCUT2D eigenvalue weighted by molar-refractivity contribution is 7.17. The van der Waals surface area contributed by atoms with E-state index in [1.54, 1.807) is 0 Å². The molecule has 1 heterocycles. The molecule has 0 N–H and O–H groups in total. The van der Waals surface area contributed by atoms with Crippen LogP contribution >= 0.6 is 11.3 Å². The molecular formula is C41H33NOS. The molecule has 0 bridgehead atoms. The molecule has 0 amide bonds. The van der Waals surface area contributed by atoms with E-state index >= 15 is 0 Å². The molecule has 5 aromatic carbocycles. The van der Waals surface area contributed by atoms with Crippen LogP contribution in [0.5, 0.6) is 0 Å². The van der Waals surface area contributed by atoms with E-state index < -0.39 is 0 Å². The summed E-state index contributed by atoms with van der Waals surface area (Å²) < 4.78 is 0. The van der Waals surface area contributed by atoms with E-state index in [1.165, 1.54) is 55.8 Å². The van der Waals surface area contributed by atoms with Crippen molar-refractivity contribution in [3.63, 3.8) is 0 Å². The quantitative estimate of drug-likeness (QED) is 0.187. The highest BCUT2D eigenvalue weighted by Gasteiger charge is 2.37. The van der Waals surface area contributed by atoms with Gasteiger partial charge >= 0.3 is 0 Å². The standard InChI is InChI=1S/C41H33NOS/c1-40(2)35-11-7-5-9-31(35)33-20-17-28(23-37(33)40)42(27-15-13-26(14-16-27)39-22-19-30(25-43)44-39)29-18-21-34-32-10-6-8-12-36(32)41(3,4)38(34)24-29/h5-25H,1-4H3. The summed E-state index contributed by atoms with van der Waals surface area (Å²) in [6.07, 6.45) is 0.922. The molecule has 3 heteroatoms. The van der Waals surface area contributed by atoms with Gasteiger partial charge < -0.3 is 4.90 Å². The summed E-state index contributed by atoms with van der Waals surface area (Å²) in [4.78, 5) is 15.5. The topological polar surface area (TPSA) is 20.3 Å². The van der Waals surface area contributed by atoms with Crippen LogP contribution in [-0.4, -0.2) is 6.29 Å². The Morgan fingerprint density at radius 3 is 1.50 bits per heavy atom. The molecule has 0 saturated heterocycles. The van der Waals surface area contributed by atoms with Crippen molar-refractivity contribution in [2.75, 3.05) is 4.90 Å². The average Bonchev–Trinajstić information content (AvgIpc) is 3.69. The summed E-state index contributed by atoms with van der Waals surface area (Å²) in [6, 6.07) is 44.2. The maximum Gasteiger partial charge on any atom is 0.160 e. The van der Waals surface area contributed by atoms with Crippen LogP contribution in [0.1, 0.15) is 59.6 Å². The number of hydrogen-bond donors (Lipinski definition) is 0. The first-order chi connectivity index (χ1) is 21.3. The monoisotopic (exact) mass is 587 g/mol. The number of aldehydes is 1. The van der Waals surface area contributed by atoms with E-state index in [9.17, 15) is 4.79 Å². The fourth-order valence-electron chi connectivity index (χ4n) is 7.46. The molecule has 2 aliphatic rings. The van der Waals surface area contributed by atoms with E-state index in [0.29, 0.717) is 0 Å². The molecule has 1 aromatic heterocycles. The molecule has 0 radical (unpaired) electrons. The first kappa shape index (κ1) is 26.9. The molecule has 2 aliphatic carbocycles. The van der Waals surface area contributed by atoms with Gasteiger partial charge in [0.15, 0.2) is 6.29 Å². The third-order valence-corrected chi connectivity index (χ3v) is 10.9. The Balaban J connectivity index is 1.29. The van der Waals surface area contributed by atoms with Crippen molar-refractivity contribution in [1.29, 1.82) is 0 Å². The summed E-state index contributed by atoms with van der Waals surface area (Å²) in [5.74, 6) is 0. The van der Waals surface area contributed by atoms with Crippen LogP contribution in [0.3, 0.4) is 0 Å².